The molecule has 0 fully saturated rings. The highest BCUT2D eigenvalue weighted by atomic mass is 35.5. The number of hydrogen-bond donors (Lipinski definition) is 1. The molecule has 1 atom stereocenters. The van der Waals surface area contributed by atoms with E-state index in [2.05, 4.69) is 5.32 Å². The molecule has 2 rings (SSSR count). The number of anilines is 1. The maximum absolute atomic E-state index is 12.5. The molecule has 7 heteroatoms. The number of carbonyl (C=O) groups is 2. The van der Waals surface area contributed by atoms with Gasteiger partial charge >= 0.3 is 0 Å². The summed E-state index contributed by atoms with van der Waals surface area (Å²) in [6, 6.07) is 14.7. The summed E-state index contributed by atoms with van der Waals surface area (Å²) in [6.45, 7) is 2.14. The van der Waals surface area contributed by atoms with Gasteiger partial charge in [0.1, 0.15) is 0 Å². The van der Waals surface area contributed by atoms with Crippen LogP contribution in [0.3, 0.4) is 0 Å². The zero-order valence-corrected chi connectivity index (χ0v) is 17.1. The van der Waals surface area contributed by atoms with Crippen molar-refractivity contribution in [3.05, 3.63) is 64.1 Å². The van der Waals surface area contributed by atoms with Crippen LogP contribution in [0.15, 0.2) is 48.5 Å². The predicted molar refractivity (Wildman–Crippen MR) is 110 cm³/mol. The van der Waals surface area contributed by atoms with Crippen LogP contribution in [0.25, 0.3) is 0 Å². The van der Waals surface area contributed by atoms with Gasteiger partial charge in [-0.2, -0.15) is 0 Å². The Morgan fingerprint density at radius 3 is 2.15 bits per heavy atom. The molecule has 0 aliphatic rings. The maximum Gasteiger partial charge on any atom is 0.238 e. The van der Waals surface area contributed by atoms with Gasteiger partial charge in [0, 0.05) is 7.05 Å². The molecule has 1 N–H and O–H groups in total. The van der Waals surface area contributed by atoms with Crippen molar-refractivity contribution in [2.45, 2.75) is 13.0 Å². The fourth-order valence-electron chi connectivity index (χ4n) is 2.61. The molecule has 2 aromatic rings. The minimum Gasteiger partial charge on any atom is -0.338 e. The van der Waals surface area contributed by atoms with Crippen LogP contribution in [-0.4, -0.2) is 48.8 Å². The van der Waals surface area contributed by atoms with Crippen molar-refractivity contribution in [2.24, 2.45) is 0 Å². The highest BCUT2D eigenvalue weighted by molar-refractivity contribution is 6.39. The Morgan fingerprint density at radius 1 is 0.963 bits per heavy atom. The van der Waals surface area contributed by atoms with Gasteiger partial charge in [0.05, 0.1) is 34.9 Å². The van der Waals surface area contributed by atoms with Gasteiger partial charge in [-0.05, 0) is 31.7 Å². The van der Waals surface area contributed by atoms with E-state index in [0.29, 0.717) is 15.7 Å². The fourth-order valence-corrected chi connectivity index (χ4v) is 3.10. The lowest BCUT2D eigenvalue weighted by atomic mass is 10.1. The molecule has 0 spiro atoms. The van der Waals surface area contributed by atoms with Gasteiger partial charge in [-0.15, -0.1) is 0 Å². The summed E-state index contributed by atoms with van der Waals surface area (Å²) < 4.78 is 0. The van der Waals surface area contributed by atoms with E-state index in [4.69, 9.17) is 23.2 Å². The van der Waals surface area contributed by atoms with Crippen molar-refractivity contribution < 1.29 is 9.59 Å². The van der Waals surface area contributed by atoms with Crippen LogP contribution in [0.1, 0.15) is 18.5 Å². The number of likely N-dealkylation sites (N-methyl/N-ethyl adjacent to an activating group) is 2. The fraction of sp³-hybridized carbons (Fsp3) is 0.300. The average Bonchev–Trinajstić information content (AvgIpc) is 2.64. The van der Waals surface area contributed by atoms with Crippen molar-refractivity contribution in [1.29, 1.82) is 0 Å². The van der Waals surface area contributed by atoms with E-state index in [-0.39, 0.29) is 30.9 Å². The van der Waals surface area contributed by atoms with E-state index in [0.717, 1.165) is 5.56 Å². The summed E-state index contributed by atoms with van der Waals surface area (Å²) in [7, 11) is 3.48. The first-order valence-electron chi connectivity index (χ1n) is 8.52. The third-order valence-electron chi connectivity index (χ3n) is 4.30. The lowest BCUT2D eigenvalue weighted by Gasteiger charge is -2.27. The van der Waals surface area contributed by atoms with Crippen LogP contribution in [0.2, 0.25) is 10.0 Å². The Kier molecular flexibility index (Phi) is 7.66. The van der Waals surface area contributed by atoms with Crippen molar-refractivity contribution in [1.82, 2.24) is 9.80 Å². The molecule has 0 unspecified atom stereocenters. The molecular weight excluding hydrogens is 385 g/mol. The molecule has 2 amide bonds. The molecule has 0 radical (unpaired) electrons. The molecule has 5 nitrogen and oxygen atoms in total. The Morgan fingerprint density at radius 2 is 1.56 bits per heavy atom. The van der Waals surface area contributed by atoms with Gasteiger partial charge in [-0.3, -0.25) is 14.5 Å². The quantitative estimate of drug-likeness (QED) is 0.751. The van der Waals surface area contributed by atoms with E-state index >= 15 is 0 Å². The molecular formula is C20H23Cl2N3O2. The second kappa shape index (κ2) is 9.74. The number of benzene rings is 2. The number of carbonyl (C=O) groups excluding carboxylic acids is 2. The third kappa shape index (κ3) is 5.96. The van der Waals surface area contributed by atoms with Crippen molar-refractivity contribution in [2.75, 3.05) is 32.5 Å². The Labute approximate surface area is 169 Å². The first kappa shape index (κ1) is 21.2. The highest BCUT2D eigenvalue weighted by Crippen LogP contribution is 2.29. The second-order valence-electron chi connectivity index (χ2n) is 6.41. The Balaban J connectivity index is 1.89. The van der Waals surface area contributed by atoms with Crippen molar-refractivity contribution >= 4 is 40.7 Å². The Bertz CT molecular complexity index is 779. The number of nitrogens with zero attached hydrogens (tertiary/aromatic N) is 2. The van der Waals surface area contributed by atoms with Crippen LogP contribution in [0, 0.1) is 0 Å². The molecule has 0 aromatic heterocycles. The molecule has 2 aromatic carbocycles. The van der Waals surface area contributed by atoms with Gasteiger partial charge in [0.2, 0.25) is 11.8 Å². The van der Waals surface area contributed by atoms with E-state index in [9.17, 15) is 9.59 Å². The number of halogens is 2. The van der Waals surface area contributed by atoms with Crippen LogP contribution in [-0.2, 0) is 9.59 Å². The highest BCUT2D eigenvalue weighted by Gasteiger charge is 2.20. The first-order chi connectivity index (χ1) is 12.8. The lowest BCUT2D eigenvalue weighted by molar-refractivity contribution is -0.133. The molecule has 27 heavy (non-hydrogen) atoms. The number of amides is 2. The first-order valence-corrected chi connectivity index (χ1v) is 9.28. The second-order valence-corrected chi connectivity index (χ2v) is 7.22. The summed E-state index contributed by atoms with van der Waals surface area (Å²) >= 11 is 12.1. The standard InChI is InChI=1S/C20H23Cl2N3O2/c1-14(15-8-5-4-6-9-15)25(3)19(27)13-24(2)12-18(26)23-20-16(21)10-7-11-17(20)22/h4-11,14H,12-13H2,1-3H3,(H,23,26)/t14-/m0/s1. The lowest BCUT2D eigenvalue weighted by Crippen LogP contribution is -2.40. The number of rotatable bonds is 7. The smallest absolute Gasteiger partial charge is 0.238 e. The summed E-state index contributed by atoms with van der Waals surface area (Å²) in [5.41, 5.74) is 1.43. The monoisotopic (exact) mass is 407 g/mol. The van der Waals surface area contributed by atoms with Crippen LogP contribution in [0.5, 0.6) is 0 Å². The minimum absolute atomic E-state index is 0.0425. The summed E-state index contributed by atoms with van der Waals surface area (Å²) in [5.74, 6) is -0.364. The topological polar surface area (TPSA) is 52.7 Å². The van der Waals surface area contributed by atoms with Crippen molar-refractivity contribution in [3.63, 3.8) is 0 Å². The van der Waals surface area contributed by atoms with Gasteiger partial charge in [0.25, 0.3) is 0 Å². The van der Waals surface area contributed by atoms with E-state index in [1.54, 1.807) is 42.1 Å². The van der Waals surface area contributed by atoms with Crippen LogP contribution >= 0.6 is 23.2 Å². The van der Waals surface area contributed by atoms with Gasteiger partial charge in [-0.25, -0.2) is 0 Å². The van der Waals surface area contributed by atoms with E-state index in [1.165, 1.54) is 0 Å². The van der Waals surface area contributed by atoms with Gasteiger partial charge in [-0.1, -0.05) is 59.6 Å². The largest absolute Gasteiger partial charge is 0.338 e. The van der Waals surface area contributed by atoms with Crippen molar-refractivity contribution in [3.8, 4) is 0 Å². The van der Waals surface area contributed by atoms with Crippen LogP contribution in [0.4, 0.5) is 5.69 Å². The zero-order chi connectivity index (χ0) is 20.0. The molecule has 0 aliphatic carbocycles. The van der Waals surface area contributed by atoms with Gasteiger partial charge in [0.15, 0.2) is 0 Å². The van der Waals surface area contributed by atoms with Crippen LogP contribution < -0.4 is 5.32 Å². The van der Waals surface area contributed by atoms with E-state index in [1.807, 2.05) is 37.3 Å². The summed E-state index contributed by atoms with van der Waals surface area (Å²) in [6.07, 6.45) is 0. The number of hydrogen-bond acceptors (Lipinski definition) is 3. The maximum atomic E-state index is 12.5. The summed E-state index contributed by atoms with van der Waals surface area (Å²) in [5, 5.41) is 3.42. The molecule has 0 heterocycles. The van der Waals surface area contributed by atoms with Gasteiger partial charge < -0.3 is 10.2 Å². The Hall–Kier alpha value is -2.08. The predicted octanol–water partition coefficient (Wildman–Crippen LogP) is 4.08. The molecule has 0 bridgehead atoms. The average molecular weight is 408 g/mol. The van der Waals surface area contributed by atoms with E-state index < -0.39 is 0 Å². The normalized spacial score (nSPS) is 11.9. The molecule has 0 saturated heterocycles. The summed E-state index contributed by atoms with van der Waals surface area (Å²) in [4.78, 5) is 28.1. The SMILES string of the molecule is C[C@@H](c1ccccc1)N(C)C(=O)CN(C)CC(=O)Nc1c(Cl)cccc1Cl. The molecule has 0 saturated carbocycles. The third-order valence-corrected chi connectivity index (χ3v) is 4.93. The number of para-hydroxylation sites is 1. The molecule has 0 aliphatic heterocycles. The minimum atomic E-state index is -0.293. The molecule has 144 valence electrons. The number of nitrogens with one attached hydrogen (secondary N) is 1. The zero-order valence-electron chi connectivity index (χ0n) is 15.6.